The molecule has 4 rings (SSSR count). The number of carbonyl (C=O) groups excluding carboxylic acids is 8. The largest absolute Gasteiger partial charge is 0.480 e. The molecule has 0 aromatic heterocycles. The molecule has 0 bridgehead atoms. The molecule has 8 atom stereocenters. The first-order chi connectivity index (χ1) is 36.4. The van der Waals surface area contributed by atoms with Gasteiger partial charge in [0, 0.05) is 32.4 Å². The molecule has 0 aliphatic carbocycles. The number of carbonyl (C=O) groups is 9. The molecule has 8 amide bonds. The third-order valence-corrected chi connectivity index (χ3v) is 12.6. The number of rotatable bonds is 32. The van der Waals surface area contributed by atoms with Crippen LogP contribution in [0.15, 0.2) is 96.0 Å². The van der Waals surface area contributed by atoms with Gasteiger partial charge in [-0.2, -0.15) is 0 Å². The van der Waals surface area contributed by atoms with E-state index < -0.39 is 108 Å². The zero-order valence-corrected chi connectivity index (χ0v) is 42.4. The topological polar surface area (TPSA) is 412 Å². The van der Waals surface area contributed by atoms with E-state index in [1.165, 1.54) is 4.90 Å². The van der Waals surface area contributed by atoms with Gasteiger partial charge in [0.05, 0.1) is 12.6 Å². The molecule has 0 radical (unpaired) electrons. The third-order valence-electron chi connectivity index (χ3n) is 12.6. The summed E-state index contributed by atoms with van der Waals surface area (Å²) in [5.41, 5.74) is 30.2. The number of nitrogens with two attached hydrogens (primary N) is 5. The number of guanidine groups is 1. The highest BCUT2D eigenvalue weighted by Gasteiger charge is 2.39. The van der Waals surface area contributed by atoms with Gasteiger partial charge >= 0.3 is 5.97 Å². The first-order valence-corrected chi connectivity index (χ1v) is 25.3. The SMILES string of the molecule is NCCCC[C@H](NC(=O)[C@@H]1CCCN1C(=O)[C@@H](N)Cc1ccccc1)C(=O)N[C@@H](Cc1ccccc1)C(=O)N[C@@H](Cc1ccccc1)C(=O)N[C@@H](CO)C(=O)N[C@@H](CCCN=C(N)N)C(=O)N[C@@H](CCC(N)=O)C(=O)O. The fourth-order valence-corrected chi connectivity index (χ4v) is 8.49. The van der Waals surface area contributed by atoms with Crippen molar-refractivity contribution in [1.82, 2.24) is 36.8 Å². The molecule has 1 aliphatic heterocycles. The van der Waals surface area contributed by atoms with Gasteiger partial charge in [-0.3, -0.25) is 43.3 Å². The molecular weight excluding hydrogens is 983 g/mol. The molecule has 0 unspecified atom stereocenters. The summed E-state index contributed by atoms with van der Waals surface area (Å²) in [7, 11) is 0. The Morgan fingerprint density at radius 1 is 0.579 bits per heavy atom. The van der Waals surface area contributed by atoms with E-state index in [4.69, 9.17) is 28.7 Å². The predicted octanol–water partition coefficient (Wildman–Crippen LogP) is -2.53. The lowest BCUT2D eigenvalue weighted by molar-refractivity contribution is -0.142. The fourth-order valence-electron chi connectivity index (χ4n) is 8.49. The quantitative estimate of drug-likeness (QED) is 0.0174. The lowest BCUT2D eigenvalue weighted by Crippen LogP contribution is -2.61. The Hall–Kier alpha value is -7.96. The lowest BCUT2D eigenvalue weighted by Gasteiger charge is -2.29. The van der Waals surface area contributed by atoms with E-state index >= 15 is 0 Å². The maximum Gasteiger partial charge on any atom is 0.326 e. The first-order valence-electron chi connectivity index (χ1n) is 25.3. The van der Waals surface area contributed by atoms with E-state index in [0.29, 0.717) is 49.9 Å². The summed E-state index contributed by atoms with van der Waals surface area (Å²) < 4.78 is 0. The van der Waals surface area contributed by atoms with Crippen LogP contribution in [0.2, 0.25) is 0 Å². The number of carboxylic acid groups (broad SMARTS) is 1. The van der Waals surface area contributed by atoms with Gasteiger partial charge in [0.25, 0.3) is 0 Å². The van der Waals surface area contributed by atoms with Gasteiger partial charge < -0.3 is 75.7 Å². The number of amides is 8. The molecule has 18 N–H and O–H groups in total. The van der Waals surface area contributed by atoms with Crippen molar-refractivity contribution >= 4 is 59.2 Å². The molecule has 3 aromatic rings. The normalized spacial score (nSPS) is 15.7. The molecule has 76 heavy (non-hydrogen) atoms. The van der Waals surface area contributed by atoms with Crippen molar-refractivity contribution < 1.29 is 53.4 Å². The van der Waals surface area contributed by atoms with Gasteiger partial charge in [0.1, 0.15) is 42.3 Å². The standard InChI is InChI=1S/C52H73N13O11/c53-25-11-10-20-36(60-49(73)42-22-13-27-65(42)50(74)35(54)28-32-14-4-1-5-15-32)45(69)62-39(29-33-16-6-2-7-17-33)46(70)63-40(30-34-18-8-3-9-19-34)47(71)64-41(31-66)48(72)59-37(21-12-26-58-52(56)57)44(68)61-38(51(75)76)23-24-43(55)67/h1-9,14-19,35-42,66H,10-13,20-31,53-54H2,(H2,55,67)(H,59,72)(H,60,73)(H,61,68)(H,62,69)(H,63,70)(H,64,71)(H,75,76)(H4,56,57,58)/t35-,36-,37-,38-,39-,40-,41-,42-/m0/s1. The number of aliphatic hydroxyl groups excluding tert-OH is 1. The molecule has 3 aromatic carbocycles. The number of aliphatic carboxylic acids is 1. The Labute approximate surface area is 441 Å². The van der Waals surface area contributed by atoms with Crippen molar-refractivity contribution in [3.05, 3.63) is 108 Å². The second-order valence-corrected chi connectivity index (χ2v) is 18.5. The average molecular weight is 1060 g/mol. The molecule has 0 spiro atoms. The van der Waals surface area contributed by atoms with Crippen molar-refractivity contribution in [1.29, 1.82) is 0 Å². The van der Waals surface area contributed by atoms with E-state index in [1.54, 1.807) is 60.7 Å². The molecule has 1 saturated heterocycles. The van der Waals surface area contributed by atoms with Gasteiger partial charge in [-0.1, -0.05) is 91.0 Å². The Morgan fingerprint density at radius 3 is 1.51 bits per heavy atom. The minimum Gasteiger partial charge on any atom is -0.480 e. The monoisotopic (exact) mass is 1060 g/mol. The number of aliphatic imine (C=N–C) groups is 1. The van der Waals surface area contributed by atoms with Crippen LogP contribution in [0.3, 0.4) is 0 Å². The Kier molecular flexibility index (Phi) is 25.3. The van der Waals surface area contributed by atoms with Crippen molar-refractivity contribution in [3.8, 4) is 0 Å². The molecule has 0 saturated carbocycles. The van der Waals surface area contributed by atoms with Gasteiger partial charge in [-0.25, -0.2) is 4.79 Å². The average Bonchev–Trinajstić information content (AvgIpc) is 3.90. The Morgan fingerprint density at radius 2 is 1.03 bits per heavy atom. The van der Waals surface area contributed by atoms with Crippen LogP contribution in [0.5, 0.6) is 0 Å². The number of primary amides is 1. The zero-order valence-electron chi connectivity index (χ0n) is 42.4. The van der Waals surface area contributed by atoms with Crippen molar-refractivity contribution in [2.75, 3.05) is 26.2 Å². The van der Waals surface area contributed by atoms with Gasteiger partial charge in [0.15, 0.2) is 5.96 Å². The number of benzene rings is 3. The number of nitrogens with one attached hydrogen (secondary N) is 6. The fraction of sp³-hybridized carbons (Fsp3) is 0.462. The number of hydrogen-bond acceptors (Lipinski definition) is 13. The summed E-state index contributed by atoms with van der Waals surface area (Å²) in [6.07, 6.45) is 1.17. The minimum atomic E-state index is -1.73. The van der Waals surface area contributed by atoms with Crippen molar-refractivity contribution in [2.24, 2.45) is 33.7 Å². The molecule has 24 heteroatoms. The van der Waals surface area contributed by atoms with E-state index in [9.17, 15) is 53.4 Å². The first kappa shape index (κ1) is 60.6. The molecule has 412 valence electrons. The van der Waals surface area contributed by atoms with E-state index in [2.05, 4.69) is 36.9 Å². The molecule has 1 aliphatic rings. The minimum absolute atomic E-state index is 0.00914. The van der Waals surface area contributed by atoms with Crippen LogP contribution in [0.1, 0.15) is 74.5 Å². The van der Waals surface area contributed by atoms with Gasteiger partial charge in [-0.15, -0.1) is 0 Å². The molecular formula is C52H73N13O11. The number of carboxylic acids is 1. The van der Waals surface area contributed by atoms with E-state index in [0.717, 1.165) is 5.56 Å². The predicted molar refractivity (Wildman–Crippen MR) is 281 cm³/mol. The Bertz CT molecular complexity index is 2430. The second kappa shape index (κ2) is 31.7. The zero-order chi connectivity index (χ0) is 55.6. The highest BCUT2D eigenvalue weighted by atomic mass is 16.4. The lowest BCUT2D eigenvalue weighted by atomic mass is 10.0. The second-order valence-electron chi connectivity index (χ2n) is 18.5. The van der Waals surface area contributed by atoms with Crippen molar-refractivity contribution in [3.63, 3.8) is 0 Å². The smallest absolute Gasteiger partial charge is 0.326 e. The molecule has 1 heterocycles. The summed E-state index contributed by atoms with van der Waals surface area (Å²) in [5, 5.41) is 35.6. The summed E-state index contributed by atoms with van der Waals surface area (Å²) in [5.74, 6) is -8.05. The van der Waals surface area contributed by atoms with Crippen LogP contribution in [-0.4, -0.2) is 149 Å². The van der Waals surface area contributed by atoms with Crippen LogP contribution in [-0.2, 0) is 62.4 Å². The molecule has 24 nitrogen and oxygen atoms in total. The van der Waals surface area contributed by atoms with Crippen LogP contribution in [0, 0.1) is 0 Å². The van der Waals surface area contributed by atoms with Crippen LogP contribution >= 0.6 is 0 Å². The number of unbranched alkanes of at least 4 members (excludes halogenated alkanes) is 1. The number of aliphatic hydroxyl groups is 1. The number of hydrogen-bond donors (Lipinski definition) is 13. The van der Waals surface area contributed by atoms with Crippen molar-refractivity contribution in [2.45, 2.75) is 125 Å². The highest BCUT2D eigenvalue weighted by Crippen LogP contribution is 2.20. The summed E-state index contributed by atoms with van der Waals surface area (Å²) >= 11 is 0. The van der Waals surface area contributed by atoms with Crippen LogP contribution in [0.25, 0.3) is 0 Å². The van der Waals surface area contributed by atoms with E-state index in [-0.39, 0.29) is 63.9 Å². The number of likely N-dealkylation sites (tertiary alicyclic amines) is 1. The summed E-state index contributed by atoms with van der Waals surface area (Å²) in [6.45, 7) is -0.396. The van der Waals surface area contributed by atoms with Crippen LogP contribution < -0.4 is 60.6 Å². The molecule has 1 fully saturated rings. The van der Waals surface area contributed by atoms with Crippen LogP contribution in [0.4, 0.5) is 0 Å². The van der Waals surface area contributed by atoms with Gasteiger partial charge in [-0.05, 0) is 81.0 Å². The van der Waals surface area contributed by atoms with Gasteiger partial charge in [0.2, 0.25) is 47.3 Å². The van der Waals surface area contributed by atoms with E-state index in [1.807, 2.05) is 30.3 Å². The maximum absolute atomic E-state index is 14.6. The third kappa shape index (κ3) is 20.4. The maximum atomic E-state index is 14.6. The summed E-state index contributed by atoms with van der Waals surface area (Å²) in [6, 6.07) is 15.9. The highest BCUT2D eigenvalue weighted by molar-refractivity contribution is 5.98. The Balaban J connectivity index is 1.57. The number of nitrogens with zero attached hydrogens (tertiary/aromatic N) is 2. The summed E-state index contributed by atoms with van der Waals surface area (Å²) in [4.78, 5) is 127.